The fraction of sp³-hybridized carbons (Fsp3) is 0.273. The molecule has 5 nitrogen and oxygen atoms in total. The van der Waals surface area contributed by atoms with Gasteiger partial charge >= 0.3 is 0 Å². The van der Waals surface area contributed by atoms with Gasteiger partial charge in [-0.2, -0.15) is 0 Å². The van der Waals surface area contributed by atoms with Crippen LogP contribution in [0.4, 0.5) is 5.82 Å². The first kappa shape index (κ1) is 17.5. The van der Waals surface area contributed by atoms with Crippen molar-refractivity contribution in [1.82, 2.24) is 15.3 Å². The molecule has 2 aromatic carbocycles. The Morgan fingerprint density at radius 2 is 1.93 bits per heavy atom. The number of fused-ring (bicyclic) bond motifs is 2. The summed E-state index contributed by atoms with van der Waals surface area (Å²) in [7, 11) is 4.05. The van der Waals surface area contributed by atoms with Gasteiger partial charge in [0, 0.05) is 24.4 Å². The molecule has 2 aromatic heterocycles. The highest BCUT2D eigenvalue weighted by Crippen LogP contribution is 2.31. The number of rotatable bonds is 6. The predicted octanol–water partition coefficient (Wildman–Crippen LogP) is 4.40. The van der Waals surface area contributed by atoms with Gasteiger partial charge in [-0.15, -0.1) is 0 Å². The van der Waals surface area contributed by atoms with E-state index >= 15 is 0 Å². The third-order valence-electron chi connectivity index (χ3n) is 4.83. The molecule has 0 unspecified atom stereocenters. The Labute approximate surface area is 159 Å². The SMILES string of the molecule is CNCCCN(C)c1nc(-c2cc3cccc(C)c3o2)nc2ccccc12. The van der Waals surface area contributed by atoms with E-state index in [9.17, 15) is 0 Å². The number of hydrogen-bond acceptors (Lipinski definition) is 5. The van der Waals surface area contributed by atoms with Crippen LogP contribution in [0.15, 0.2) is 52.9 Å². The van der Waals surface area contributed by atoms with Crippen LogP contribution in [0.25, 0.3) is 33.5 Å². The second-order valence-corrected chi connectivity index (χ2v) is 6.87. The van der Waals surface area contributed by atoms with Gasteiger partial charge in [-0.25, -0.2) is 9.97 Å². The highest BCUT2D eigenvalue weighted by atomic mass is 16.3. The van der Waals surface area contributed by atoms with Crippen molar-refractivity contribution in [2.24, 2.45) is 0 Å². The lowest BCUT2D eigenvalue weighted by Crippen LogP contribution is -2.23. The lowest BCUT2D eigenvalue weighted by molar-refractivity contribution is 0.623. The zero-order valence-corrected chi connectivity index (χ0v) is 16.0. The molecular weight excluding hydrogens is 336 g/mol. The van der Waals surface area contributed by atoms with Gasteiger partial charge in [-0.3, -0.25) is 0 Å². The van der Waals surface area contributed by atoms with Gasteiger partial charge in [0.1, 0.15) is 11.4 Å². The van der Waals surface area contributed by atoms with E-state index < -0.39 is 0 Å². The van der Waals surface area contributed by atoms with Crippen molar-refractivity contribution in [2.45, 2.75) is 13.3 Å². The number of nitrogens with zero attached hydrogens (tertiary/aromatic N) is 3. The Bertz CT molecular complexity index is 1090. The number of anilines is 1. The molecule has 0 radical (unpaired) electrons. The zero-order chi connectivity index (χ0) is 18.8. The predicted molar refractivity (Wildman–Crippen MR) is 111 cm³/mol. The van der Waals surface area contributed by atoms with Gasteiger partial charge in [0.05, 0.1) is 5.52 Å². The van der Waals surface area contributed by atoms with Gasteiger partial charge < -0.3 is 14.6 Å². The normalized spacial score (nSPS) is 11.4. The molecule has 0 bridgehead atoms. The summed E-state index contributed by atoms with van der Waals surface area (Å²) in [5.74, 6) is 2.26. The first-order valence-electron chi connectivity index (χ1n) is 9.29. The Morgan fingerprint density at radius 1 is 1.07 bits per heavy atom. The molecule has 0 aliphatic carbocycles. The van der Waals surface area contributed by atoms with Crippen LogP contribution < -0.4 is 10.2 Å². The molecule has 4 aromatic rings. The number of benzene rings is 2. The number of aromatic nitrogens is 2. The summed E-state index contributed by atoms with van der Waals surface area (Å²) in [5.41, 5.74) is 2.94. The van der Waals surface area contributed by atoms with Crippen LogP contribution in [0.1, 0.15) is 12.0 Å². The van der Waals surface area contributed by atoms with Crippen LogP contribution >= 0.6 is 0 Å². The largest absolute Gasteiger partial charge is 0.452 e. The molecule has 5 heteroatoms. The molecular formula is C22H24N4O. The number of aryl methyl sites for hydroxylation is 1. The minimum atomic E-state index is 0.625. The number of nitrogens with one attached hydrogen (secondary N) is 1. The molecule has 0 aliphatic rings. The van der Waals surface area contributed by atoms with Gasteiger partial charge in [0.15, 0.2) is 11.6 Å². The van der Waals surface area contributed by atoms with Gasteiger partial charge in [-0.05, 0) is 50.7 Å². The second kappa shape index (κ2) is 7.37. The molecule has 1 N–H and O–H groups in total. The Balaban J connectivity index is 1.82. The van der Waals surface area contributed by atoms with E-state index in [4.69, 9.17) is 14.4 Å². The highest BCUT2D eigenvalue weighted by molar-refractivity contribution is 5.91. The average molecular weight is 360 g/mol. The number of furan rings is 1. The fourth-order valence-corrected chi connectivity index (χ4v) is 3.38. The second-order valence-electron chi connectivity index (χ2n) is 6.87. The summed E-state index contributed by atoms with van der Waals surface area (Å²) in [6.45, 7) is 3.95. The Morgan fingerprint density at radius 3 is 2.74 bits per heavy atom. The molecule has 0 saturated heterocycles. The van der Waals surface area contributed by atoms with Gasteiger partial charge in [0.25, 0.3) is 0 Å². The first-order chi connectivity index (χ1) is 13.2. The van der Waals surface area contributed by atoms with Crippen molar-refractivity contribution in [3.05, 3.63) is 54.1 Å². The first-order valence-corrected chi connectivity index (χ1v) is 9.29. The van der Waals surface area contributed by atoms with Crippen molar-refractivity contribution in [1.29, 1.82) is 0 Å². The summed E-state index contributed by atoms with van der Waals surface area (Å²) in [6, 6.07) is 16.3. The van der Waals surface area contributed by atoms with E-state index in [1.54, 1.807) is 0 Å². The Kier molecular flexibility index (Phi) is 4.77. The van der Waals surface area contributed by atoms with Gasteiger partial charge in [-0.1, -0.05) is 30.3 Å². The van der Waals surface area contributed by atoms with E-state index in [0.29, 0.717) is 11.6 Å². The summed E-state index contributed by atoms with van der Waals surface area (Å²) < 4.78 is 6.11. The van der Waals surface area contributed by atoms with E-state index in [0.717, 1.165) is 52.8 Å². The average Bonchev–Trinajstić information content (AvgIpc) is 3.13. The molecule has 0 atom stereocenters. The molecule has 0 aliphatic heterocycles. The standard InChI is InChI=1S/C22H24N4O/c1-15-8-6-9-16-14-19(27-20(15)16)21-24-18-11-5-4-10-17(18)22(25-21)26(3)13-7-12-23-2/h4-6,8-11,14,23H,7,12-13H2,1-3H3. The van der Waals surface area contributed by atoms with Crippen molar-refractivity contribution >= 4 is 27.7 Å². The van der Waals surface area contributed by atoms with E-state index in [2.05, 4.69) is 42.4 Å². The molecule has 27 heavy (non-hydrogen) atoms. The fourth-order valence-electron chi connectivity index (χ4n) is 3.38. The summed E-state index contributed by atoms with van der Waals surface area (Å²) in [5, 5.41) is 5.33. The quantitative estimate of drug-likeness (QED) is 0.517. The van der Waals surface area contributed by atoms with Crippen molar-refractivity contribution in [3.8, 4) is 11.6 Å². The van der Waals surface area contributed by atoms with E-state index in [-0.39, 0.29) is 0 Å². The van der Waals surface area contributed by atoms with Crippen LogP contribution in [-0.2, 0) is 0 Å². The van der Waals surface area contributed by atoms with Crippen molar-refractivity contribution in [3.63, 3.8) is 0 Å². The smallest absolute Gasteiger partial charge is 0.198 e. The third-order valence-corrected chi connectivity index (χ3v) is 4.83. The molecule has 2 heterocycles. The lowest BCUT2D eigenvalue weighted by atomic mass is 10.2. The van der Waals surface area contributed by atoms with Gasteiger partial charge in [0.2, 0.25) is 0 Å². The zero-order valence-electron chi connectivity index (χ0n) is 16.0. The summed E-state index contributed by atoms with van der Waals surface area (Å²) in [4.78, 5) is 11.8. The maximum Gasteiger partial charge on any atom is 0.198 e. The molecule has 0 fully saturated rings. The minimum Gasteiger partial charge on any atom is -0.452 e. The van der Waals surface area contributed by atoms with Crippen molar-refractivity contribution in [2.75, 3.05) is 32.1 Å². The van der Waals surface area contributed by atoms with Crippen LogP contribution in [0, 0.1) is 6.92 Å². The lowest BCUT2D eigenvalue weighted by Gasteiger charge is -2.20. The van der Waals surface area contributed by atoms with Crippen LogP contribution in [-0.4, -0.2) is 37.2 Å². The Hall–Kier alpha value is -2.92. The highest BCUT2D eigenvalue weighted by Gasteiger charge is 2.16. The summed E-state index contributed by atoms with van der Waals surface area (Å²) >= 11 is 0. The molecule has 138 valence electrons. The van der Waals surface area contributed by atoms with Crippen LogP contribution in [0.5, 0.6) is 0 Å². The van der Waals surface area contributed by atoms with Crippen molar-refractivity contribution < 1.29 is 4.42 Å². The topological polar surface area (TPSA) is 54.2 Å². The number of para-hydroxylation sites is 2. The molecule has 0 saturated carbocycles. The molecule has 0 amide bonds. The molecule has 0 spiro atoms. The van der Waals surface area contributed by atoms with Crippen LogP contribution in [0.2, 0.25) is 0 Å². The third kappa shape index (κ3) is 3.38. The van der Waals surface area contributed by atoms with Crippen LogP contribution in [0.3, 0.4) is 0 Å². The minimum absolute atomic E-state index is 0.625. The maximum atomic E-state index is 6.11. The molecule has 4 rings (SSSR count). The maximum absolute atomic E-state index is 6.11. The summed E-state index contributed by atoms with van der Waals surface area (Å²) in [6.07, 6.45) is 1.05. The number of hydrogen-bond donors (Lipinski definition) is 1. The van der Waals surface area contributed by atoms with E-state index in [1.807, 2.05) is 37.4 Å². The van der Waals surface area contributed by atoms with E-state index in [1.165, 1.54) is 0 Å². The monoisotopic (exact) mass is 360 g/mol.